The van der Waals surface area contributed by atoms with Gasteiger partial charge in [-0.05, 0) is 30.7 Å². The standard InChI is InChI=1S/C12H15NO3/c1-3-8-16-12(15)10-6-4-9(5-7-10)11(14)13-2/h4-7H,3,8H2,1-2H3,(H,13,14). The lowest BCUT2D eigenvalue weighted by atomic mass is 10.1. The minimum Gasteiger partial charge on any atom is -0.462 e. The number of benzene rings is 1. The van der Waals surface area contributed by atoms with Gasteiger partial charge in [-0.1, -0.05) is 6.92 Å². The number of carbonyl (C=O) groups is 2. The largest absolute Gasteiger partial charge is 0.462 e. The van der Waals surface area contributed by atoms with Gasteiger partial charge in [0.1, 0.15) is 0 Å². The third-order valence-corrected chi connectivity index (χ3v) is 2.05. The molecule has 86 valence electrons. The molecule has 0 unspecified atom stereocenters. The van der Waals surface area contributed by atoms with E-state index < -0.39 is 0 Å². The molecule has 1 amide bonds. The number of hydrogen-bond donors (Lipinski definition) is 1. The van der Waals surface area contributed by atoms with Crippen LogP contribution >= 0.6 is 0 Å². The maximum atomic E-state index is 11.4. The van der Waals surface area contributed by atoms with Crippen molar-refractivity contribution in [2.75, 3.05) is 13.7 Å². The first-order chi connectivity index (χ1) is 7.69. The first-order valence-electron chi connectivity index (χ1n) is 5.18. The Kier molecular flexibility index (Phi) is 4.51. The number of ether oxygens (including phenoxy) is 1. The molecule has 4 heteroatoms. The third kappa shape index (κ3) is 3.08. The van der Waals surface area contributed by atoms with Gasteiger partial charge in [-0.15, -0.1) is 0 Å². The van der Waals surface area contributed by atoms with E-state index in [1.165, 1.54) is 0 Å². The smallest absolute Gasteiger partial charge is 0.338 e. The fourth-order valence-corrected chi connectivity index (χ4v) is 1.18. The van der Waals surface area contributed by atoms with Crippen LogP contribution in [0.1, 0.15) is 34.1 Å². The molecule has 0 fully saturated rings. The summed E-state index contributed by atoms with van der Waals surface area (Å²) in [7, 11) is 1.56. The molecule has 1 aromatic rings. The summed E-state index contributed by atoms with van der Waals surface area (Å²) < 4.78 is 4.96. The highest BCUT2D eigenvalue weighted by atomic mass is 16.5. The summed E-state index contributed by atoms with van der Waals surface area (Å²) in [6.07, 6.45) is 0.794. The van der Waals surface area contributed by atoms with E-state index in [-0.39, 0.29) is 11.9 Å². The monoisotopic (exact) mass is 221 g/mol. The highest BCUT2D eigenvalue weighted by Gasteiger charge is 2.08. The van der Waals surface area contributed by atoms with Gasteiger partial charge in [0.25, 0.3) is 5.91 Å². The van der Waals surface area contributed by atoms with Gasteiger partial charge in [-0.2, -0.15) is 0 Å². The van der Waals surface area contributed by atoms with Crippen molar-refractivity contribution < 1.29 is 14.3 Å². The number of amides is 1. The van der Waals surface area contributed by atoms with Crippen LogP contribution in [0.2, 0.25) is 0 Å². The second-order valence-corrected chi connectivity index (χ2v) is 3.29. The van der Waals surface area contributed by atoms with Crippen molar-refractivity contribution in [1.82, 2.24) is 5.32 Å². The second kappa shape index (κ2) is 5.90. The van der Waals surface area contributed by atoms with Gasteiger partial charge < -0.3 is 10.1 Å². The van der Waals surface area contributed by atoms with Crippen molar-refractivity contribution in [2.45, 2.75) is 13.3 Å². The molecule has 0 aliphatic heterocycles. The minimum absolute atomic E-state index is 0.173. The van der Waals surface area contributed by atoms with Crippen LogP contribution in [0.4, 0.5) is 0 Å². The Hall–Kier alpha value is -1.84. The molecule has 16 heavy (non-hydrogen) atoms. The number of carbonyl (C=O) groups excluding carboxylic acids is 2. The summed E-state index contributed by atoms with van der Waals surface area (Å²) in [6.45, 7) is 2.35. The van der Waals surface area contributed by atoms with Crippen LogP contribution in [0.25, 0.3) is 0 Å². The predicted octanol–water partition coefficient (Wildman–Crippen LogP) is 1.61. The lowest BCUT2D eigenvalue weighted by Crippen LogP contribution is -2.17. The van der Waals surface area contributed by atoms with E-state index in [4.69, 9.17) is 4.74 Å². The Morgan fingerprint density at radius 1 is 1.19 bits per heavy atom. The summed E-state index contributed by atoms with van der Waals surface area (Å²) in [5.74, 6) is -0.529. The van der Waals surface area contributed by atoms with Crippen LogP contribution in [0.3, 0.4) is 0 Å². The summed E-state index contributed by atoms with van der Waals surface area (Å²) in [5.41, 5.74) is 0.982. The van der Waals surface area contributed by atoms with Gasteiger partial charge in [0.15, 0.2) is 0 Å². The molecule has 0 saturated carbocycles. The van der Waals surface area contributed by atoms with Crippen LogP contribution in [-0.4, -0.2) is 25.5 Å². The molecule has 0 aliphatic rings. The first kappa shape index (κ1) is 12.2. The molecule has 0 bridgehead atoms. The van der Waals surface area contributed by atoms with Crippen LogP contribution < -0.4 is 5.32 Å². The Labute approximate surface area is 94.6 Å². The minimum atomic E-state index is -0.356. The van der Waals surface area contributed by atoms with Gasteiger partial charge in [0.05, 0.1) is 12.2 Å². The number of hydrogen-bond acceptors (Lipinski definition) is 3. The molecule has 0 spiro atoms. The van der Waals surface area contributed by atoms with Crippen LogP contribution in [-0.2, 0) is 4.74 Å². The molecular weight excluding hydrogens is 206 g/mol. The summed E-state index contributed by atoms with van der Waals surface area (Å²) in [4.78, 5) is 22.7. The molecule has 1 rings (SSSR count). The quantitative estimate of drug-likeness (QED) is 0.786. The van der Waals surface area contributed by atoms with Gasteiger partial charge >= 0.3 is 5.97 Å². The van der Waals surface area contributed by atoms with Gasteiger partial charge in [-0.25, -0.2) is 4.79 Å². The van der Waals surface area contributed by atoms with E-state index >= 15 is 0 Å². The highest BCUT2D eigenvalue weighted by molar-refractivity contribution is 5.96. The Bertz CT molecular complexity index is 370. The van der Waals surface area contributed by atoms with E-state index in [9.17, 15) is 9.59 Å². The summed E-state index contributed by atoms with van der Waals surface area (Å²) >= 11 is 0. The average molecular weight is 221 g/mol. The van der Waals surface area contributed by atoms with E-state index in [0.717, 1.165) is 6.42 Å². The van der Waals surface area contributed by atoms with Crippen LogP contribution in [0.5, 0.6) is 0 Å². The first-order valence-corrected chi connectivity index (χ1v) is 5.18. The molecule has 0 atom stereocenters. The van der Waals surface area contributed by atoms with Crippen molar-refractivity contribution in [1.29, 1.82) is 0 Å². The lowest BCUT2D eigenvalue weighted by molar-refractivity contribution is 0.0505. The molecule has 0 radical (unpaired) electrons. The number of nitrogens with one attached hydrogen (secondary N) is 1. The second-order valence-electron chi connectivity index (χ2n) is 3.29. The van der Waals surface area contributed by atoms with Gasteiger partial charge in [0, 0.05) is 12.6 Å². The van der Waals surface area contributed by atoms with Crippen molar-refractivity contribution in [3.8, 4) is 0 Å². The van der Waals surface area contributed by atoms with E-state index in [0.29, 0.717) is 17.7 Å². The number of rotatable bonds is 4. The van der Waals surface area contributed by atoms with Crippen molar-refractivity contribution >= 4 is 11.9 Å². The van der Waals surface area contributed by atoms with E-state index in [1.807, 2.05) is 6.92 Å². The molecule has 0 saturated heterocycles. The molecule has 4 nitrogen and oxygen atoms in total. The Balaban J connectivity index is 2.71. The zero-order valence-electron chi connectivity index (χ0n) is 9.45. The van der Waals surface area contributed by atoms with Crippen LogP contribution in [0, 0.1) is 0 Å². The fourth-order valence-electron chi connectivity index (χ4n) is 1.18. The summed E-state index contributed by atoms with van der Waals surface area (Å²) in [5, 5.41) is 2.51. The van der Waals surface area contributed by atoms with Crippen molar-refractivity contribution in [3.63, 3.8) is 0 Å². The zero-order chi connectivity index (χ0) is 12.0. The maximum Gasteiger partial charge on any atom is 0.338 e. The molecular formula is C12H15NO3. The number of esters is 1. The van der Waals surface area contributed by atoms with Crippen molar-refractivity contribution in [2.24, 2.45) is 0 Å². The average Bonchev–Trinajstić information content (AvgIpc) is 2.35. The Morgan fingerprint density at radius 2 is 1.75 bits per heavy atom. The molecule has 1 N–H and O–H groups in total. The lowest BCUT2D eigenvalue weighted by Gasteiger charge is -2.04. The Morgan fingerprint density at radius 3 is 2.25 bits per heavy atom. The SMILES string of the molecule is CCCOC(=O)c1ccc(C(=O)NC)cc1. The fraction of sp³-hybridized carbons (Fsp3) is 0.333. The van der Waals surface area contributed by atoms with Gasteiger partial charge in [-0.3, -0.25) is 4.79 Å². The summed E-state index contributed by atoms with van der Waals surface area (Å²) in [6, 6.07) is 6.37. The van der Waals surface area contributed by atoms with Crippen molar-refractivity contribution in [3.05, 3.63) is 35.4 Å². The van der Waals surface area contributed by atoms with Gasteiger partial charge in [0.2, 0.25) is 0 Å². The molecule has 1 aromatic carbocycles. The molecule has 0 heterocycles. The zero-order valence-corrected chi connectivity index (χ0v) is 9.45. The van der Waals surface area contributed by atoms with E-state index in [2.05, 4.69) is 5.32 Å². The van der Waals surface area contributed by atoms with Crippen LogP contribution in [0.15, 0.2) is 24.3 Å². The topological polar surface area (TPSA) is 55.4 Å². The van der Waals surface area contributed by atoms with E-state index in [1.54, 1.807) is 31.3 Å². The molecule has 0 aromatic heterocycles. The predicted molar refractivity (Wildman–Crippen MR) is 60.4 cm³/mol. The normalized spacial score (nSPS) is 9.62. The third-order valence-electron chi connectivity index (χ3n) is 2.05. The molecule has 0 aliphatic carbocycles. The highest BCUT2D eigenvalue weighted by Crippen LogP contribution is 2.06. The maximum absolute atomic E-state index is 11.4.